The molecule has 6 heteroatoms. The Morgan fingerprint density at radius 3 is 2.65 bits per heavy atom. The number of halogens is 3. The first kappa shape index (κ1) is 15.1. The molecule has 3 N–H and O–H groups in total. The number of alkyl halides is 3. The van der Waals surface area contributed by atoms with E-state index in [1.165, 1.54) is 6.07 Å². The quantitative estimate of drug-likeness (QED) is 0.879. The summed E-state index contributed by atoms with van der Waals surface area (Å²) in [5.74, 6) is 0. The summed E-state index contributed by atoms with van der Waals surface area (Å²) in [6.45, 7) is 2.55. The summed E-state index contributed by atoms with van der Waals surface area (Å²) >= 11 is 0. The standard InChI is InChI=1S/C14H19F3N2O/c1-13(20)5-2-6-19(9-13)11-4-3-10(8-18)12(7-11)14(15,16)17/h3-4,7,20H,2,5-6,8-9,18H2,1H3. The number of nitrogens with two attached hydrogens (primary N) is 1. The lowest BCUT2D eigenvalue weighted by molar-refractivity contribution is -0.138. The van der Waals surface area contributed by atoms with Crippen LogP contribution in [0.25, 0.3) is 0 Å². The van der Waals surface area contributed by atoms with E-state index in [-0.39, 0.29) is 12.1 Å². The maximum atomic E-state index is 13.0. The number of aliphatic hydroxyl groups is 1. The zero-order valence-corrected chi connectivity index (χ0v) is 11.4. The van der Waals surface area contributed by atoms with E-state index in [0.29, 0.717) is 25.2 Å². The van der Waals surface area contributed by atoms with Gasteiger partial charge in [0.2, 0.25) is 0 Å². The van der Waals surface area contributed by atoms with Crippen LogP contribution in [0.2, 0.25) is 0 Å². The number of rotatable bonds is 2. The summed E-state index contributed by atoms with van der Waals surface area (Å²) in [6, 6.07) is 4.18. The Hall–Kier alpha value is -1.27. The van der Waals surface area contributed by atoms with Gasteiger partial charge in [0, 0.05) is 25.3 Å². The molecular formula is C14H19F3N2O. The second-order valence-corrected chi connectivity index (χ2v) is 5.57. The molecule has 0 amide bonds. The van der Waals surface area contributed by atoms with Crippen molar-refractivity contribution >= 4 is 5.69 Å². The van der Waals surface area contributed by atoms with Crippen molar-refractivity contribution in [2.75, 3.05) is 18.0 Å². The Balaban J connectivity index is 2.34. The van der Waals surface area contributed by atoms with E-state index in [1.54, 1.807) is 17.9 Å². The first-order chi connectivity index (χ1) is 9.23. The fourth-order valence-corrected chi connectivity index (χ4v) is 2.64. The third-order valence-corrected chi connectivity index (χ3v) is 3.66. The van der Waals surface area contributed by atoms with Gasteiger partial charge in [0.25, 0.3) is 0 Å². The van der Waals surface area contributed by atoms with E-state index >= 15 is 0 Å². The van der Waals surface area contributed by atoms with Crippen LogP contribution < -0.4 is 10.6 Å². The van der Waals surface area contributed by atoms with Crippen molar-refractivity contribution in [2.24, 2.45) is 5.73 Å². The van der Waals surface area contributed by atoms with E-state index in [0.717, 1.165) is 12.5 Å². The van der Waals surface area contributed by atoms with Gasteiger partial charge in [0.1, 0.15) is 0 Å². The van der Waals surface area contributed by atoms with Crippen LogP contribution >= 0.6 is 0 Å². The molecule has 1 fully saturated rings. The molecule has 1 unspecified atom stereocenters. The average molecular weight is 288 g/mol. The first-order valence-corrected chi connectivity index (χ1v) is 6.60. The van der Waals surface area contributed by atoms with Crippen LogP contribution in [-0.2, 0) is 12.7 Å². The molecule has 3 nitrogen and oxygen atoms in total. The molecule has 0 saturated carbocycles. The van der Waals surface area contributed by atoms with Crippen LogP contribution in [0.15, 0.2) is 18.2 Å². The topological polar surface area (TPSA) is 49.5 Å². The first-order valence-electron chi connectivity index (χ1n) is 6.60. The molecule has 1 saturated heterocycles. The van der Waals surface area contributed by atoms with Gasteiger partial charge in [-0.3, -0.25) is 0 Å². The molecule has 1 aromatic carbocycles. The maximum Gasteiger partial charge on any atom is 0.416 e. The van der Waals surface area contributed by atoms with Crippen LogP contribution in [-0.4, -0.2) is 23.8 Å². The van der Waals surface area contributed by atoms with Gasteiger partial charge < -0.3 is 15.7 Å². The third-order valence-electron chi connectivity index (χ3n) is 3.66. The lowest BCUT2D eigenvalue weighted by Crippen LogP contribution is -2.46. The zero-order chi connectivity index (χ0) is 15.0. The highest BCUT2D eigenvalue weighted by Crippen LogP contribution is 2.35. The molecule has 0 radical (unpaired) electrons. The fourth-order valence-electron chi connectivity index (χ4n) is 2.64. The number of β-amino-alcohol motifs (C(OH)–C–C–N with tert-alkyl or cyclic N) is 1. The molecule has 112 valence electrons. The smallest absolute Gasteiger partial charge is 0.388 e. The highest BCUT2D eigenvalue weighted by Gasteiger charge is 2.34. The van der Waals surface area contributed by atoms with E-state index < -0.39 is 17.3 Å². The second kappa shape index (κ2) is 5.26. The Morgan fingerprint density at radius 1 is 1.40 bits per heavy atom. The molecule has 0 spiro atoms. The van der Waals surface area contributed by atoms with Gasteiger partial charge >= 0.3 is 6.18 Å². The molecule has 0 aliphatic carbocycles. The molecule has 1 aromatic rings. The Bertz CT molecular complexity index is 486. The van der Waals surface area contributed by atoms with Crippen molar-refractivity contribution in [3.63, 3.8) is 0 Å². The highest BCUT2D eigenvalue weighted by atomic mass is 19.4. The van der Waals surface area contributed by atoms with Crippen LogP contribution in [0.5, 0.6) is 0 Å². The largest absolute Gasteiger partial charge is 0.416 e. The molecule has 1 aliphatic heterocycles. The van der Waals surface area contributed by atoms with E-state index in [9.17, 15) is 18.3 Å². The van der Waals surface area contributed by atoms with Gasteiger partial charge in [-0.15, -0.1) is 0 Å². The van der Waals surface area contributed by atoms with Crippen molar-refractivity contribution in [1.82, 2.24) is 0 Å². The van der Waals surface area contributed by atoms with Gasteiger partial charge in [0.15, 0.2) is 0 Å². The minimum Gasteiger partial charge on any atom is -0.388 e. The molecular weight excluding hydrogens is 269 g/mol. The van der Waals surface area contributed by atoms with Crippen LogP contribution in [0, 0.1) is 0 Å². The number of hydrogen-bond donors (Lipinski definition) is 2. The number of nitrogens with zero attached hydrogens (tertiary/aromatic N) is 1. The Labute approximate surface area is 116 Å². The summed E-state index contributed by atoms with van der Waals surface area (Å²) in [5, 5.41) is 10.1. The molecule has 1 aliphatic rings. The van der Waals surface area contributed by atoms with Gasteiger partial charge in [-0.25, -0.2) is 0 Å². The normalized spacial score (nSPS) is 24.0. The monoisotopic (exact) mass is 288 g/mol. The molecule has 1 heterocycles. The summed E-state index contributed by atoms with van der Waals surface area (Å²) in [7, 11) is 0. The van der Waals surface area contributed by atoms with E-state index in [4.69, 9.17) is 5.73 Å². The van der Waals surface area contributed by atoms with E-state index in [1.807, 2.05) is 0 Å². The van der Waals surface area contributed by atoms with Gasteiger partial charge in [-0.2, -0.15) is 13.2 Å². The van der Waals surface area contributed by atoms with Crippen LogP contribution in [0.3, 0.4) is 0 Å². The second-order valence-electron chi connectivity index (χ2n) is 5.57. The minimum atomic E-state index is -4.41. The molecule has 2 rings (SSSR count). The van der Waals surface area contributed by atoms with Gasteiger partial charge in [-0.1, -0.05) is 6.07 Å². The average Bonchev–Trinajstić information content (AvgIpc) is 2.35. The number of anilines is 1. The maximum absolute atomic E-state index is 13.0. The van der Waals surface area contributed by atoms with Crippen molar-refractivity contribution in [3.8, 4) is 0 Å². The SMILES string of the molecule is CC1(O)CCCN(c2ccc(CN)c(C(F)(F)F)c2)C1. The molecule has 1 atom stereocenters. The Morgan fingerprint density at radius 2 is 2.10 bits per heavy atom. The lowest BCUT2D eigenvalue weighted by atomic mass is 9.94. The van der Waals surface area contributed by atoms with Gasteiger partial charge in [0.05, 0.1) is 11.2 Å². The minimum absolute atomic E-state index is 0.0880. The van der Waals surface area contributed by atoms with Crippen molar-refractivity contribution in [3.05, 3.63) is 29.3 Å². The summed E-state index contributed by atoms with van der Waals surface area (Å²) < 4.78 is 39.0. The molecule has 0 bridgehead atoms. The lowest BCUT2D eigenvalue weighted by Gasteiger charge is -2.38. The number of benzene rings is 1. The number of piperidine rings is 1. The zero-order valence-electron chi connectivity index (χ0n) is 11.4. The number of hydrogen-bond acceptors (Lipinski definition) is 3. The van der Waals surface area contributed by atoms with Crippen molar-refractivity contribution < 1.29 is 18.3 Å². The predicted octanol–water partition coefficient (Wildman–Crippen LogP) is 2.52. The summed E-state index contributed by atoms with van der Waals surface area (Å²) in [5.41, 5.74) is 4.38. The van der Waals surface area contributed by atoms with Crippen molar-refractivity contribution in [1.29, 1.82) is 0 Å². The summed E-state index contributed by atoms with van der Waals surface area (Å²) in [6.07, 6.45) is -2.99. The fraction of sp³-hybridized carbons (Fsp3) is 0.571. The van der Waals surface area contributed by atoms with E-state index in [2.05, 4.69) is 0 Å². The van der Waals surface area contributed by atoms with Gasteiger partial charge in [-0.05, 0) is 37.5 Å². The third kappa shape index (κ3) is 3.24. The highest BCUT2D eigenvalue weighted by molar-refractivity contribution is 5.52. The predicted molar refractivity (Wildman–Crippen MR) is 71.4 cm³/mol. The van der Waals surface area contributed by atoms with Crippen LogP contribution in [0.4, 0.5) is 18.9 Å². The van der Waals surface area contributed by atoms with Crippen molar-refractivity contribution in [2.45, 2.75) is 38.1 Å². The Kier molecular flexibility index (Phi) is 3.97. The molecule has 0 aromatic heterocycles. The summed E-state index contributed by atoms with van der Waals surface area (Å²) in [4.78, 5) is 1.79. The molecule has 20 heavy (non-hydrogen) atoms. The van der Waals surface area contributed by atoms with Crippen LogP contribution in [0.1, 0.15) is 30.9 Å².